The molecule has 1 heterocycles. The normalized spacial score (nSPS) is 14.1. The molecule has 1 aromatic carbocycles. The standard InChI is InChI=1S/C18H15BrClN3O4S2/c1-26-13-5-2-11(3-6-13)10-27-18-17(21-9-16(19)22-18)23-29(24,25)15-8-12(20)4-7-14(15)28/h2-6,8-9H,7,10H2,1H3,(H,21,23). The summed E-state index contributed by atoms with van der Waals surface area (Å²) < 4.78 is 39.2. The Morgan fingerprint density at radius 3 is 2.72 bits per heavy atom. The molecule has 0 saturated heterocycles. The molecule has 29 heavy (non-hydrogen) atoms. The molecule has 0 bridgehead atoms. The number of halogens is 2. The topological polar surface area (TPSA) is 90.4 Å². The van der Waals surface area contributed by atoms with Crippen molar-refractivity contribution < 1.29 is 17.9 Å². The first kappa shape index (κ1) is 21.7. The highest BCUT2D eigenvalue weighted by Gasteiger charge is 2.26. The molecule has 3 rings (SSSR count). The van der Waals surface area contributed by atoms with Crippen molar-refractivity contribution in [2.24, 2.45) is 0 Å². The molecule has 2 aromatic rings. The Hall–Kier alpha value is -2.01. The van der Waals surface area contributed by atoms with E-state index in [9.17, 15) is 8.42 Å². The van der Waals surface area contributed by atoms with Crippen LogP contribution in [0.1, 0.15) is 12.0 Å². The molecule has 0 radical (unpaired) electrons. The number of rotatable bonds is 7. The third-order valence-corrected chi connectivity index (χ3v) is 6.36. The van der Waals surface area contributed by atoms with Gasteiger partial charge in [0, 0.05) is 16.3 Å². The van der Waals surface area contributed by atoms with E-state index in [1.54, 1.807) is 25.3 Å². The summed E-state index contributed by atoms with van der Waals surface area (Å²) in [7, 11) is -2.43. The predicted molar refractivity (Wildman–Crippen MR) is 119 cm³/mol. The van der Waals surface area contributed by atoms with Gasteiger partial charge in [-0.05, 0) is 39.7 Å². The summed E-state index contributed by atoms with van der Waals surface area (Å²) in [5.74, 6) is 0.674. The maximum Gasteiger partial charge on any atom is 0.264 e. The van der Waals surface area contributed by atoms with Gasteiger partial charge in [-0.15, -0.1) is 0 Å². The average Bonchev–Trinajstić information content (AvgIpc) is 2.70. The maximum absolute atomic E-state index is 12.8. The second kappa shape index (κ2) is 9.21. The Balaban J connectivity index is 1.82. The molecule has 152 valence electrons. The van der Waals surface area contributed by atoms with E-state index in [0.29, 0.717) is 15.4 Å². The fourth-order valence-electron chi connectivity index (χ4n) is 2.36. The highest BCUT2D eigenvalue weighted by atomic mass is 79.9. The van der Waals surface area contributed by atoms with E-state index in [2.05, 4.69) is 30.6 Å². The minimum Gasteiger partial charge on any atom is -0.497 e. The van der Waals surface area contributed by atoms with E-state index in [1.807, 2.05) is 12.1 Å². The monoisotopic (exact) mass is 515 g/mol. The first-order chi connectivity index (χ1) is 13.8. The van der Waals surface area contributed by atoms with Gasteiger partial charge in [-0.2, -0.15) is 0 Å². The number of aromatic nitrogens is 2. The van der Waals surface area contributed by atoms with Gasteiger partial charge in [-0.25, -0.2) is 18.4 Å². The number of hydrogen-bond acceptors (Lipinski definition) is 7. The Morgan fingerprint density at radius 2 is 2.03 bits per heavy atom. The molecule has 11 heteroatoms. The van der Waals surface area contributed by atoms with E-state index in [1.165, 1.54) is 12.3 Å². The molecule has 0 spiro atoms. The highest BCUT2D eigenvalue weighted by Crippen LogP contribution is 2.28. The molecule has 1 aromatic heterocycles. The Kier molecular flexibility index (Phi) is 6.89. The summed E-state index contributed by atoms with van der Waals surface area (Å²) in [4.78, 5) is 8.43. The zero-order valence-corrected chi connectivity index (χ0v) is 19.0. The van der Waals surface area contributed by atoms with Gasteiger partial charge in [0.25, 0.3) is 15.9 Å². The first-order valence-corrected chi connectivity index (χ1v) is 11.3. The van der Waals surface area contributed by atoms with Crippen molar-refractivity contribution in [2.75, 3.05) is 11.8 Å². The van der Waals surface area contributed by atoms with Gasteiger partial charge in [-0.3, -0.25) is 4.72 Å². The molecule has 1 aliphatic carbocycles. The molecule has 0 aliphatic heterocycles. The van der Waals surface area contributed by atoms with Crippen LogP contribution in [-0.2, 0) is 16.6 Å². The van der Waals surface area contributed by atoms with Crippen LogP contribution >= 0.6 is 39.7 Å². The predicted octanol–water partition coefficient (Wildman–Crippen LogP) is 4.35. The van der Waals surface area contributed by atoms with E-state index in [4.69, 9.17) is 33.3 Å². The molecule has 0 fully saturated rings. The van der Waals surface area contributed by atoms with Crippen LogP contribution in [-0.4, -0.2) is 30.4 Å². The minimum absolute atomic E-state index is 0.0164. The summed E-state index contributed by atoms with van der Waals surface area (Å²) in [5, 5.41) is 0.303. The number of nitrogens with zero attached hydrogens (tertiary/aromatic N) is 2. The van der Waals surface area contributed by atoms with Crippen LogP contribution in [0.4, 0.5) is 5.82 Å². The zero-order valence-electron chi connectivity index (χ0n) is 15.1. The summed E-state index contributed by atoms with van der Waals surface area (Å²) >= 11 is 14.3. The van der Waals surface area contributed by atoms with Gasteiger partial charge < -0.3 is 9.47 Å². The first-order valence-electron chi connectivity index (χ1n) is 8.20. The third kappa shape index (κ3) is 5.53. The van der Waals surface area contributed by atoms with Crippen LogP contribution in [0, 0.1) is 0 Å². The molecule has 0 saturated carbocycles. The number of allylic oxidation sites excluding steroid dienone is 4. The van der Waals surface area contributed by atoms with Crippen LogP contribution in [0.3, 0.4) is 0 Å². The molecule has 1 N–H and O–H groups in total. The van der Waals surface area contributed by atoms with Crippen LogP contribution in [0.15, 0.2) is 57.2 Å². The highest BCUT2D eigenvalue weighted by molar-refractivity contribution is 9.10. The quantitative estimate of drug-likeness (QED) is 0.547. The largest absolute Gasteiger partial charge is 0.497 e. The SMILES string of the molecule is COc1ccc(COc2nc(Br)cnc2NS(=O)(=O)C2=CC(Cl)=CCC2=S)cc1. The van der Waals surface area contributed by atoms with Crippen LogP contribution in [0.5, 0.6) is 11.6 Å². The summed E-state index contributed by atoms with van der Waals surface area (Å²) in [5.41, 5.74) is 0.842. The van der Waals surface area contributed by atoms with Crippen molar-refractivity contribution in [2.45, 2.75) is 13.0 Å². The average molecular weight is 517 g/mol. The maximum atomic E-state index is 12.8. The van der Waals surface area contributed by atoms with Gasteiger partial charge in [0.1, 0.15) is 21.9 Å². The van der Waals surface area contributed by atoms with Gasteiger partial charge >= 0.3 is 0 Å². The second-order valence-electron chi connectivity index (χ2n) is 5.81. The number of benzene rings is 1. The molecular formula is C18H15BrClN3O4S2. The van der Waals surface area contributed by atoms with Crippen molar-refractivity contribution in [3.8, 4) is 11.6 Å². The molecule has 0 atom stereocenters. The molecular weight excluding hydrogens is 502 g/mol. The molecule has 1 aliphatic rings. The Labute approximate surface area is 187 Å². The van der Waals surface area contributed by atoms with E-state index in [0.717, 1.165) is 5.56 Å². The van der Waals surface area contributed by atoms with E-state index < -0.39 is 10.0 Å². The second-order valence-corrected chi connectivity index (χ2v) is 9.21. The number of thiocarbonyl (C=S) groups is 1. The van der Waals surface area contributed by atoms with Gasteiger partial charge in [0.05, 0.1) is 13.3 Å². The molecule has 7 nitrogen and oxygen atoms in total. The van der Waals surface area contributed by atoms with Gasteiger partial charge in [-0.1, -0.05) is 42.0 Å². The molecule has 0 amide bonds. The number of methoxy groups -OCH3 is 1. The van der Waals surface area contributed by atoms with Crippen molar-refractivity contribution in [1.29, 1.82) is 0 Å². The summed E-state index contributed by atoms with van der Waals surface area (Å²) in [6, 6.07) is 7.24. The number of ether oxygens (including phenoxy) is 2. The fourth-order valence-corrected chi connectivity index (χ4v) is 4.52. The lowest BCUT2D eigenvalue weighted by atomic mass is 10.2. The Morgan fingerprint density at radius 1 is 1.31 bits per heavy atom. The Bertz CT molecular complexity index is 1100. The van der Waals surface area contributed by atoms with Crippen molar-refractivity contribution >= 4 is 60.5 Å². The third-order valence-electron chi connectivity index (χ3n) is 3.79. The summed E-state index contributed by atoms with van der Waals surface area (Å²) in [6.45, 7) is 0.152. The van der Waals surface area contributed by atoms with Gasteiger partial charge in [0.15, 0.2) is 0 Å². The van der Waals surface area contributed by atoms with Gasteiger partial charge in [0.2, 0.25) is 5.82 Å². The lowest BCUT2D eigenvalue weighted by Gasteiger charge is -2.16. The number of nitrogens with one attached hydrogen (secondary N) is 1. The van der Waals surface area contributed by atoms with E-state index in [-0.39, 0.29) is 34.5 Å². The van der Waals surface area contributed by atoms with E-state index >= 15 is 0 Å². The minimum atomic E-state index is -4.02. The van der Waals surface area contributed by atoms with Crippen LogP contribution in [0.25, 0.3) is 0 Å². The molecule has 0 unspecified atom stereocenters. The number of anilines is 1. The fraction of sp³-hybridized carbons (Fsp3) is 0.167. The van der Waals surface area contributed by atoms with Crippen molar-refractivity contribution in [3.63, 3.8) is 0 Å². The number of sulfonamides is 1. The van der Waals surface area contributed by atoms with Crippen LogP contribution in [0.2, 0.25) is 0 Å². The number of hydrogen-bond donors (Lipinski definition) is 1. The lowest BCUT2D eigenvalue weighted by molar-refractivity contribution is 0.294. The van der Waals surface area contributed by atoms with Crippen molar-refractivity contribution in [1.82, 2.24) is 9.97 Å². The van der Waals surface area contributed by atoms with Crippen molar-refractivity contribution in [3.05, 3.63) is 62.7 Å². The van der Waals surface area contributed by atoms with Crippen LogP contribution < -0.4 is 14.2 Å². The lowest BCUT2D eigenvalue weighted by Crippen LogP contribution is -2.22. The summed E-state index contributed by atoms with van der Waals surface area (Å²) in [6.07, 6.45) is 4.58. The smallest absolute Gasteiger partial charge is 0.264 e. The zero-order chi connectivity index (χ0) is 21.0.